The van der Waals surface area contributed by atoms with Crippen LogP contribution in [0.25, 0.3) is 0 Å². The fourth-order valence-electron chi connectivity index (χ4n) is 1.20. The Balaban J connectivity index is 3.19. The highest BCUT2D eigenvalue weighted by Crippen LogP contribution is 2.17. The van der Waals surface area contributed by atoms with Gasteiger partial charge in [-0.25, -0.2) is 13.2 Å². The Morgan fingerprint density at radius 1 is 0.783 bits per heavy atom. The fourth-order valence-corrected chi connectivity index (χ4v) is 2.66. The van der Waals surface area contributed by atoms with E-state index in [-0.39, 0.29) is 11.9 Å². The van der Waals surface area contributed by atoms with Gasteiger partial charge in [0.05, 0.1) is 13.2 Å². The lowest BCUT2D eigenvalue weighted by Crippen LogP contribution is -2.06. The van der Waals surface area contributed by atoms with E-state index >= 15 is 0 Å². The lowest BCUT2D eigenvalue weighted by atomic mass is 10.3. The third-order valence-corrected chi connectivity index (χ3v) is 4.18. The summed E-state index contributed by atoms with van der Waals surface area (Å²) in [6, 6.07) is 0. The molecule has 0 aliphatic heterocycles. The molecule has 0 unspecified atom stereocenters. The Kier molecular flexibility index (Phi) is 14.1. The second kappa shape index (κ2) is 14.7. The molecule has 0 aromatic carbocycles. The Morgan fingerprint density at radius 3 is 1.52 bits per heavy atom. The van der Waals surface area contributed by atoms with Gasteiger partial charge < -0.3 is 9.47 Å². The molecular weight excluding hydrogens is 336 g/mol. The van der Waals surface area contributed by atoms with Crippen LogP contribution in [0.2, 0.25) is 0 Å². The molecule has 0 bridgehead atoms. The van der Waals surface area contributed by atoms with Crippen LogP contribution in [0.15, 0.2) is 24.3 Å². The van der Waals surface area contributed by atoms with Crippen LogP contribution in [-0.4, -0.2) is 36.7 Å². The zero-order valence-corrected chi connectivity index (χ0v) is 15.6. The van der Waals surface area contributed by atoms with Crippen molar-refractivity contribution in [2.45, 2.75) is 39.5 Å². The molecule has 0 fully saturated rings. The summed E-state index contributed by atoms with van der Waals surface area (Å²) in [7, 11) is 0. The van der Waals surface area contributed by atoms with E-state index in [2.05, 4.69) is 13.2 Å². The number of carbonyl (C=O) groups is 2. The SMILES string of the molecule is C=C(C)C(=O)OCCCCSOSCCCCOC(=O)C(=C)C. The summed E-state index contributed by atoms with van der Waals surface area (Å²) in [5, 5.41) is 0. The number of hydrogen-bond donors (Lipinski definition) is 0. The van der Waals surface area contributed by atoms with Crippen LogP contribution in [-0.2, 0) is 22.7 Å². The van der Waals surface area contributed by atoms with Crippen molar-refractivity contribution in [2.24, 2.45) is 0 Å². The molecule has 0 saturated carbocycles. The van der Waals surface area contributed by atoms with E-state index in [4.69, 9.17) is 13.1 Å². The van der Waals surface area contributed by atoms with Gasteiger partial charge in [-0.05, 0) is 39.5 Å². The average Bonchev–Trinajstić information content (AvgIpc) is 2.50. The van der Waals surface area contributed by atoms with Crippen molar-refractivity contribution in [1.82, 2.24) is 0 Å². The Morgan fingerprint density at radius 2 is 1.17 bits per heavy atom. The monoisotopic (exact) mass is 362 g/mol. The second-order valence-corrected chi connectivity index (χ2v) is 6.79. The van der Waals surface area contributed by atoms with Gasteiger partial charge in [-0.2, -0.15) is 0 Å². The predicted molar refractivity (Wildman–Crippen MR) is 96.0 cm³/mol. The molecule has 0 amide bonds. The van der Waals surface area contributed by atoms with Gasteiger partial charge in [-0.1, -0.05) is 13.2 Å². The maximum Gasteiger partial charge on any atom is 0.333 e. The van der Waals surface area contributed by atoms with Crippen LogP contribution in [0.4, 0.5) is 0 Å². The summed E-state index contributed by atoms with van der Waals surface area (Å²) in [6.45, 7) is 11.1. The molecule has 0 aliphatic carbocycles. The zero-order chi connectivity index (χ0) is 17.5. The van der Waals surface area contributed by atoms with Gasteiger partial charge in [-0.3, -0.25) is 0 Å². The van der Waals surface area contributed by atoms with E-state index in [0.29, 0.717) is 24.4 Å². The second-order valence-electron chi connectivity index (χ2n) is 4.96. The molecule has 0 N–H and O–H groups in total. The first-order valence-electron chi connectivity index (χ1n) is 7.51. The maximum atomic E-state index is 11.1. The van der Waals surface area contributed by atoms with Crippen molar-refractivity contribution in [1.29, 1.82) is 0 Å². The lowest BCUT2D eigenvalue weighted by Gasteiger charge is -2.05. The third kappa shape index (κ3) is 14.4. The van der Waals surface area contributed by atoms with Crippen molar-refractivity contribution in [3.63, 3.8) is 0 Å². The van der Waals surface area contributed by atoms with Crippen molar-refractivity contribution in [3.8, 4) is 0 Å². The first-order valence-corrected chi connectivity index (χ1v) is 9.33. The van der Waals surface area contributed by atoms with E-state index in [0.717, 1.165) is 37.2 Å². The van der Waals surface area contributed by atoms with E-state index < -0.39 is 0 Å². The molecule has 0 aromatic heterocycles. The van der Waals surface area contributed by atoms with Gasteiger partial charge in [0, 0.05) is 46.7 Å². The molecule has 0 aliphatic rings. The highest BCUT2D eigenvalue weighted by Gasteiger charge is 2.03. The van der Waals surface area contributed by atoms with Gasteiger partial charge in [0.2, 0.25) is 0 Å². The molecule has 0 spiro atoms. The topological polar surface area (TPSA) is 61.8 Å². The number of esters is 2. The first kappa shape index (κ1) is 22.1. The molecule has 0 rings (SSSR count). The maximum absolute atomic E-state index is 11.1. The van der Waals surface area contributed by atoms with E-state index in [1.54, 1.807) is 13.8 Å². The minimum absolute atomic E-state index is 0.335. The van der Waals surface area contributed by atoms with E-state index in [9.17, 15) is 9.59 Å². The minimum Gasteiger partial charge on any atom is -0.462 e. The van der Waals surface area contributed by atoms with Crippen LogP contribution >= 0.6 is 24.1 Å². The Labute approximate surface area is 147 Å². The Hall–Kier alpha value is -0.920. The van der Waals surface area contributed by atoms with Crippen LogP contribution in [0.5, 0.6) is 0 Å². The first-order chi connectivity index (χ1) is 10.9. The van der Waals surface area contributed by atoms with Crippen molar-refractivity contribution >= 4 is 36.0 Å². The fraction of sp³-hybridized carbons (Fsp3) is 0.625. The summed E-state index contributed by atoms with van der Waals surface area (Å²) < 4.78 is 15.3. The highest BCUT2D eigenvalue weighted by molar-refractivity contribution is 8.07. The van der Waals surface area contributed by atoms with Gasteiger partial charge >= 0.3 is 11.9 Å². The minimum atomic E-state index is -0.335. The van der Waals surface area contributed by atoms with Crippen LogP contribution in [0.3, 0.4) is 0 Å². The molecule has 7 heteroatoms. The molecule has 0 radical (unpaired) electrons. The molecule has 0 heterocycles. The van der Waals surface area contributed by atoms with Crippen LogP contribution in [0, 0.1) is 0 Å². The van der Waals surface area contributed by atoms with E-state index in [1.807, 2.05) is 0 Å². The summed E-state index contributed by atoms with van der Waals surface area (Å²) in [4.78, 5) is 22.2. The average molecular weight is 363 g/mol. The highest BCUT2D eigenvalue weighted by atomic mass is 32.2. The van der Waals surface area contributed by atoms with Gasteiger partial charge in [0.25, 0.3) is 0 Å². The standard InChI is InChI=1S/C16H26O5S2/c1-13(2)15(17)19-9-5-7-11-22-21-23-12-8-6-10-20-16(18)14(3)4/h1,3,5-12H2,2,4H3. The van der Waals surface area contributed by atoms with Gasteiger partial charge in [0.15, 0.2) is 0 Å². The van der Waals surface area contributed by atoms with Crippen LogP contribution in [0.1, 0.15) is 39.5 Å². The quantitative estimate of drug-likeness (QED) is 0.199. The molecular formula is C16H26O5S2. The van der Waals surface area contributed by atoms with Crippen molar-refractivity contribution in [3.05, 3.63) is 24.3 Å². The number of carbonyl (C=O) groups excluding carboxylic acids is 2. The largest absolute Gasteiger partial charge is 0.462 e. The number of ether oxygens (including phenoxy) is 2. The number of hydrogen-bond acceptors (Lipinski definition) is 7. The third-order valence-electron chi connectivity index (χ3n) is 2.50. The van der Waals surface area contributed by atoms with E-state index in [1.165, 1.54) is 24.1 Å². The smallest absolute Gasteiger partial charge is 0.333 e. The number of rotatable bonds is 14. The Bertz CT molecular complexity index is 360. The van der Waals surface area contributed by atoms with Crippen molar-refractivity contribution in [2.75, 3.05) is 24.7 Å². The van der Waals surface area contributed by atoms with Crippen molar-refractivity contribution < 1.29 is 22.7 Å². The molecule has 23 heavy (non-hydrogen) atoms. The summed E-state index contributed by atoms with van der Waals surface area (Å²) in [6.07, 6.45) is 3.47. The molecule has 132 valence electrons. The predicted octanol–water partition coefficient (Wildman–Crippen LogP) is 4.10. The summed E-state index contributed by atoms with van der Waals surface area (Å²) >= 11 is 2.80. The molecule has 0 saturated heterocycles. The summed E-state index contributed by atoms with van der Waals surface area (Å²) in [5.41, 5.74) is 0.849. The lowest BCUT2D eigenvalue weighted by molar-refractivity contribution is -0.139. The summed E-state index contributed by atoms with van der Waals surface area (Å²) in [5.74, 6) is 1.04. The normalized spacial score (nSPS) is 10.2. The van der Waals surface area contributed by atoms with Crippen LogP contribution < -0.4 is 0 Å². The molecule has 0 aromatic rings. The molecule has 5 nitrogen and oxygen atoms in total. The number of unbranched alkanes of at least 4 members (excludes halogenated alkanes) is 2. The van der Waals surface area contributed by atoms with Gasteiger partial charge in [-0.15, -0.1) is 0 Å². The zero-order valence-electron chi connectivity index (χ0n) is 13.9. The molecule has 0 atom stereocenters. The van der Waals surface area contributed by atoms with Gasteiger partial charge in [0.1, 0.15) is 0 Å².